The lowest BCUT2D eigenvalue weighted by atomic mass is 10.0. The fourth-order valence-corrected chi connectivity index (χ4v) is 2.45. The van der Waals surface area contributed by atoms with Crippen molar-refractivity contribution in [2.75, 3.05) is 0 Å². The summed E-state index contributed by atoms with van der Waals surface area (Å²) in [6.45, 7) is 0. The summed E-state index contributed by atoms with van der Waals surface area (Å²) in [7, 11) is 0. The van der Waals surface area contributed by atoms with E-state index >= 15 is 0 Å². The van der Waals surface area contributed by atoms with E-state index in [0.29, 0.717) is 11.0 Å². The minimum absolute atomic E-state index is 0.0819. The molecule has 0 fully saturated rings. The van der Waals surface area contributed by atoms with E-state index in [1.165, 1.54) is 5.56 Å². The van der Waals surface area contributed by atoms with Crippen LogP contribution < -0.4 is 4.74 Å². The van der Waals surface area contributed by atoms with Crippen molar-refractivity contribution in [3.63, 3.8) is 0 Å². The average molecular weight is 260 g/mol. The Labute approximate surface area is 112 Å². The van der Waals surface area contributed by atoms with Crippen molar-refractivity contribution in [2.45, 2.75) is 25.4 Å². The Balaban J connectivity index is 1.92. The van der Waals surface area contributed by atoms with Gasteiger partial charge in [0.15, 0.2) is 0 Å². The Hall–Kier alpha value is -1.54. The SMILES string of the molecule is Clc1ccc2c(n1)O[C@H](c1ccccc1)CCC2. The third-order valence-electron chi connectivity index (χ3n) is 3.24. The fraction of sp³-hybridized carbons (Fsp3) is 0.267. The molecule has 0 aliphatic carbocycles. The van der Waals surface area contributed by atoms with Crippen LogP contribution in [0.4, 0.5) is 0 Å². The standard InChI is InChI=1S/C15H14ClNO/c16-14-10-9-12-7-4-8-13(18-15(12)17-14)11-5-2-1-3-6-11/h1-3,5-6,9-10,13H,4,7-8H2/t13-/m0/s1. The molecule has 1 aromatic carbocycles. The van der Waals surface area contributed by atoms with E-state index in [9.17, 15) is 0 Å². The maximum atomic E-state index is 6.03. The molecule has 0 amide bonds. The molecule has 0 radical (unpaired) electrons. The number of benzene rings is 1. The quantitative estimate of drug-likeness (QED) is 0.717. The van der Waals surface area contributed by atoms with Crippen LogP contribution in [0.5, 0.6) is 5.88 Å². The number of aromatic nitrogens is 1. The molecule has 3 rings (SSSR count). The topological polar surface area (TPSA) is 22.1 Å². The van der Waals surface area contributed by atoms with Crippen molar-refractivity contribution in [3.8, 4) is 5.88 Å². The largest absolute Gasteiger partial charge is 0.469 e. The van der Waals surface area contributed by atoms with E-state index in [2.05, 4.69) is 17.1 Å². The first kappa shape index (κ1) is 11.5. The molecule has 1 aliphatic heterocycles. The van der Waals surface area contributed by atoms with Crippen molar-refractivity contribution >= 4 is 11.6 Å². The van der Waals surface area contributed by atoms with Gasteiger partial charge in [0, 0.05) is 5.56 Å². The Morgan fingerprint density at radius 2 is 1.94 bits per heavy atom. The molecule has 1 atom stereocenters. The number of ether oxygens (including phenoxy) is 1. The molecule has 0 unspecified atom stereocenters. The zero-order chi connectivity index (χ0) is 12.4. The van der Waals surface area contributed by atoms with Gasteiger partial charge in [0.25, 0.3) is 0 Å². The second-order valence-corrected chi connectivity index (χ2v) is 4.89. The van der Waals surface area contributed by atoms with Crippen LogP contribution >= 0.6 is 11.6 Å². The molecule has 2 heterocycles. The van der Waals surface area contributed by atoms with Crippen LogP contribution in [-0.2, 0) is 6.42 Å². The highest BCUT2D eigenvalue weighted by Gasteiger charge is 2.20. The molecule has 0 N–H and O–H groups in total. The third kappa shape index (κ3) is 2.34. The summed E-state index contributed by atoms with van der Waals surface area (Å²) >= 11 is 5.93. The second-order valence-electron chi connectivity index (χ2n) is 4.51. The van der Waals surface area contributed by atoms with Crippen LogP contribution in [-0.4, -0.2) is 4.98 Å². The number of aryl methyl sites for hydroxylation is 1. The van der Waals surface area contributed by atoms with Crippen LogP contribution in [0.2, 0.25) is 5.15 Å². The minimum atomic E-state index is 0.0819. The third-order valence-corrected chi connectivity index (χ3v) is 3.45. The first-order chi connectivity index (χ1) is 8.83. The van der Waals surface area contributed by atoms with Gasteiger partial charge in [0.2, 0.25) is 5.88 Å². The molecule has 2 nitrogen and oxygen atoms in total. The zero-order valence-corrected chi connectivity index (χ0v) is 10.7. The summed E-state index contributed by atoms with van der Waals surface area (Å²) in [5.41, 5.74) is 2.35. The van der Waals surface area contributed by atoms with E-state index in [1.807, 2.05) is 30.3 Å². The summed E-state index contributed by atoms with van der Waals surface area (Å²) in [5, 5.41) is 0.488. The maximum Gasteiger partial charge on any atom is 0.218 e. The summed E-state index contributed by atoms with van der Waals surface area (Å²) < 4.78 is 6.03. The Kier molecular flexibility index (Phi) is 3.20. The predicted molar refractivity (Wildman–Crippen MR) is 72.0 cm³/mol. The van der Waals surface area contributed by atoms with Gasteiger partial charge in [-0.05, 0) is 30.9 Å². The first-order valence-corrected chi connectivity index (χ1v) is 6.58. The predicted octanol–water partition coefficient (Wildman–Crippen LogP) is 4.19. The number of fused-ring (bicyclic) bond motifs is 1. The van der Waals surface area contributed by atoms with Crippen molar-refractivity contribution in [3.05, 3.63) is 58.7 Å². The van der Waals surface area contributed by atoms with Crippen molar-refractivity contribution in [1.29, 1.82) is 0 Å². The van der Waals surface area contributed by atoms with Gasteiger partial charge in [0.05, 0.1) is 0 Å². The van der Waals surface area contributed by atoms with Gasteiger partial charge in [-0.15, -0.1) is 0 Å². The van der Waals surface area contributed by atoms with E-state index in [-0.39, 0.29) is 6.10 Å². The monoisotopic (exact) mass is 259 g/mol. The van der Waals surface area contributed by atoms with E-state index in [4.69, 9.17) is 16.3 Å². The number of halogens is 1. The highest BCUT2D eigenvalue weighted by Crippen LogP contribution is 2.32. The lowest BCUT2D eigenvalue weighted by Crippen LogP contribution is -2.07. The lowest BCUT2D eigenvalue weighted by molar-refractivity contribution is 0.192. The van der Waals surface area contributed by atoms with Crippen LogP contribution in [0.15, 0.2) is 42.5 Å². The highest BCUT2D eigenvalue weighted by molar-refractivity contribution is 6.29. The Morgan fingerprint density at radius 3 is 2.78 bits per heavy atom. The molecule has 1 aromatic heterocycles. The Morgan fingerprint density at radius 1 is 1.11 bits per heavy atom. The van der Waals surface area contributed by atoms with Crippen molar-refractivity contribution < 1.29 is 4.74 Å². The normalized spacial score (nSPS) is 18.6. The summed E-state index contributed by atoms with van der Waals surface area (Å²) in [6, 6.07) is 14.1. The maximum absolute atomic E-state index is 6.03. The molecule has 3 heteroatoms. The van der Waals surface area contributed by atoms with Gasteiger partial charge in [0.1, 0.15) is 11.3 Å². The van der Waals surface area contributed by atoms with Crippen LogP contribution in [0.25, 0.3) is 0 Å². The second kappa shape index (κ2) is 4.99. The Bertz CT molecular complexity index is 541. The van der Waals surface area contributed by atoms with E-state index < -0.39 is 0 Å². The zero-order valence-electron chi connectivity index (χ0n) is 9.97. The van der Waals surface area contributed by atoms with Crippen LogP contribution in [0.1, 0.15) is 30.1 Å². The van der Waals surface area contributed by atoms with E-state index in [1.54, 1.807) is 0 Å². The van der Waals surface area contributed by atoms with Gasteiger partial charge in [-0.3, -0.25) is 0 Å². The number of hydrogen-bond donors (Lipinski definition) is 0. The van der Waals surface area contributed by atoms with Crippen molar-refractivity contribution in [1.82, 2.24) is 4.98 Å². The molecule has 1 aliphatic rings. The smallest absolute Gasteiger partial charge is 0.218 e. The highest BCUT2D eigenvalue weighted by atomic mass is 35.5. The number of rotatable bonds is 1. The molecular formula is C15H14ClNO. The number of nitrogens with zero attached hydrogens (tertiary/aromatic N) is 1. The van der Waals surface area contributed by atoms with Gasteiger partial charge in [-0.1, -0.05) is 48.0 Å². The van der Waals surface area contributed by atoms with Crippen LogP contribution in [0.3, 0.4) is 0 Å². The molecular weight excluding hydrogens is 246 g/mol. The van der Waals surface area contributed by atoms with Crippen LogP contribution in [0, 0.1) is 0 Å². The molecule has 18 heavy (non-hydrogen) atoms. The average Bonchev–Trinajstić information content (AvgIpc) is 2.61. The van der Waals surface area contributed by atoms with Crippen molar-refractivity contribution in [2.24, 2.45) is 0 Å². The minimum Gasteiger partial charge on any atom is -0.469 e. The lowest BCUT2D eigenvalue weighted by Gasteiger charge is -2.16. The van der Waals surface area contributed by atoms with Gasteiger partial charge >= 0.3 is 0 Å². The van der Waals surface area contributed by atoms with Gasteiger partial charge in [-0.2, -0.15) is 0 Å². The summed E-state index contributed by atoms with van der Waals surface area (Å²) in [4.78, 5) is 4.29. The summed E-state index contributed by atoms with van der Waals surface area (Å²) in [6.07, 6.45) is 3.20. The summed E-state index contributed by atoms with van der Waals surface area (Å²) in [5.74, 6) is 0.689. The molecule has 0 saturated heterocycles. The van der Waals surface area contributed by atoms with Gasteiger partial charge < -0.3 is 4.74 Å². The number of pyridine rings is 1. The fourth-order valence-electron chi connectivity index (χ4n) is 2.31. The molecule has 2 aromatic rings. The molecule has 0 bridgehead atoms. The van der Waals surface area contributed by atoms with Gasteiger partial charge in [-0.25, -0.2) is 4.98 Å². The number of hydrogen-bond acceptors (Lipinski definition) is 2. The molecule has 0 saturated carbocycles. The molecule has 0 spiro atoms. The molecule has 92 valence electrons. The van der Waals surface area contributed by atoms with E-state index in [0.717, 1.165) is 24.8 Å². The first-order valence-electron chi connectivity index (χ1n) is 6.20.